The number of amides is 1. The normalized spacial score (nSPS) is 20.0. The molecule has 4 nitrogen and oxygen atoms in total. The second-order valence-corrected chi connectivity index (χ2v) is 5.66. The lowest BCUT2D eigenvalue weighted by Gasteiger charge is -2.19. The minimum Gasteiger partial charge on any atom is -0.441 e. The Labute approximate surface area is 127 Å². The van der Waals surface area contributed by atoms with Crippen molar-refractivity contribution in [3.05, 3.63) is 71.4 Å². The smallest absolute Gasteiger partial charge is 0.405 e. The predicted molar refractivity (Wildman–Crippen MR) is 84.6 cm³/mol. The molecular formula is C18H16N2O2. The SMILES string of the molecule is NC(=O)O[C@@H]1c2ccccc2C[C@H]1c1c[nH]c2ccccc12. The highest BCUT2D eigenvalue weighted by Crippen LogP contribution is 2.46. The third kappa shape index (κ3) is 1.96. The van der Waals surface area contributed by atoms with Crippen molar-refractivity contribution in [1.29, 1.82) is 0 Å². The van der Waals surface area contributed by atoms with Gasteiger partial charge in [-0.2, -0.15) is 0 Å². The molecule has 0 bridgehead atoms. The maximum Gasteiger partial charge on any atom is 0.405 e. The molecule has 1 aliphatic carbocycles. The summed E-state index contributed by atoms with van der Waals surface area (Å²) in [6, 6.07) is 16.2. The summed E-state index contributed by atoms with van der Waals surface area (Å²) in [6.45, 7) is 0. The van der Waals surface area contributed by atoms with E-state index in [4.69, 9.17) is 10.5 Å². The van der Waals surface area contributed by atoms with Crippen LogP contribution in [0.3, 0.4) is 0 Å². The summed E-state index contributed by atoms with van der Waals surface area (Å²) in [5, 5.41) is 1.17. The van der Waals surface area contributed by atoms with Crippen molar-refractivity contribution >= 4 is 17.0 Å². The summed E-state index contributed by atoms with van der Waals surface area (Å²) in [5.74, 6) is 0.0843. The molecule has 1 amide bonds. The van der Waals surface area contributed by atoms with Gasteiger partial charge in [-0.05, 0) is 29.2 Å². The van der Waals surface area contributed by atoms with Crippen LogP contribution in [0, 0.1) is 0 Å². The molecule has 2 aromatic carbocycles. The number of hydrogen-bond donors (Lipinski definition) is 2. The van der Waals surface area contributed by atoms with Crippen molar-refractivity contribution < 1.29 is 9.53 Å². The van der Waals surface area contributed by atoms with Gasteiger partial charge in [0.15, 0.2) is 0 Å². The average Bonchev–Trinajstić information content (AvgIpc) is 3.09. The number of benzene rings is 2. The molecule has 0 fully saturated rings. The Balaban J connectivity index is 1.82. The molecule has 22 heavy (non-hydrogen) atoms. The number of carbonyl (C=O) groups excluding carboxylic acids is 1. The van der Waals surface area contributed by atoms with Crippen molar-refractivity contribution in [3.8, 4) is 0 Å². The maximum atomic E-state index is 11.3. The molecule has 1 aliphatic rings. The summed E-state index contributed by atoms with van der Waals surface area (Å²) in [6.07, 6.45) is 1.80. The third-order valence-corrected chi connectivity index (χ3v) is 4.43. The summed E-state index contributed by atoms with van der Waals surface area (Å²) in [5.41, 5.74) is 9.81. The zero-order valence-corrected chi connectivity index (χ0v) is 12.0. The van der Waals surface area contributed by atoms with Crippen LogP contribution in [0.4, 0.5) is 4.79 Å². The highest BCUT2D eigenvalue weighted by atomic mass is 16.6. The molecule has 0 spiro atoms. The van der Waals surface area contributed by atoms with Crippen molar-refractivity contribution in [2.24, 2.45) is 5.73 Å². The summed E-state index contributed by atoms with van der Waals surface area (Å²) >= 11 is 0. The zero-order chi connectivity index (χ0) is 15.1. The lowest BCUT2D eigenvalue weighted by atomic mass is 9.93. The first kappa shape index (κ1) is 13.0. The molecule has 4 heteroatoms. The molecule has 0 aliphatic heterocycles. The molecule has 3 N–H and O–H groups in total. The number of H-pyrrole nitrogens is 1. The van der Waals surface area contributed by atoms with Gasteiger partial charge in [0.25, 0.3) is 0 Å². The standard InChI is InChI=1S/C18H16N2O2/c19-18(21)22-17-12-6-2-1-5-11(12)9-14(17)15-10-20-16-8-4-3-7-13(15)16/h1-8,10,14,17,20H,9H2,(H2,19,21)/t14-,17+/m0/s1. The molecule has 0 radical (unpaired) electrons. The largest absolute Gasteiger partial charge is 0.441 e. The summed E-state index contributed by atoms with van der Waals surface area (Å²) < 4.78 is 5.45. The van der Waals surface area contributed by atoms with Crippen LogP contribution in [0.5, 0.6) is 0 Å². The maximum absolute atomic E-state index is 11.3. The van der Waals surface area contributed by atoms with E-state index in [0.717, 1.165) is 23.1 Å². The fourth-order valence-corrected chi connectivity index (χ4v) is 3.50. The van der Waals surface area contributed by atoms with Gasteiger partial charge in [0, 0.05) is 23.0 Å². The number of para-hydroxylation sites is 1. The van der Waals surface area contributed by atoms with Gasteiger partial charge in [-0.1, -0.05) is 42.5 Å². The number of hydrogen-bond acceptors (Lipinski definition) is 2. The summed E-state index contributed by atoms with van der Waals surface area (Å²) in [7, 11) is 0. The number of nitrogens with one attached hydrogen (secondary N) is 1. The lowest BCUT2D eigenvalue weighted by molar-refractivity contribution is 0.0964. The highest BCUT2D eigenvalue weighted by Gasteiger charge is 2.37. The molecule has 4 rings (SSSR count). The van der Waals surface area contributed by atoms with E-state index in [1.807, 2.05) is 42.6 Å². The van der Waals surface area contributed by atoms with E-state index in [2.05, 4.69) is 17.1 Å². The van der Waals surface area contributed by atoms with Crippen molar-refractivity contribution in [2.45, 2.75) is 18.4 Å². The Morgan fingerprint density at radius 2 is 1.86 bits per heavy atom. The molecule has 1 aromatic heterocycles. The van der Waals surface area contributed by atoms with Crippen molar-refractivity contribution in [1.82, 2.24) is 4.98 Å². The number of ether oxygens (including phenoxy) is 1. The van der Waals surface area contributed by atoms with Crippen LogP contribution in [0.2, 0.25) is 0 Å². The van der Waals surface area contributed by atoms with Gasteiger partial charge in [-0.25, -0.2) is 4.79 Å². The van der Waals surface area contributed by atoms with E-state index in [1.54, 1.807) is 0 Å². The van der Waals surface area contributed by atoms with Gasteiger partial charge in [0.1, 0.15) is 6.10 Å². The molecule has 110 valence electrons. The van der Waals surface area contributed by atoms with E-state index in [-0.39, 0.29) is 12.0 Å². The number of rotatable bonds is 2. The minimum atomic E-state index is -0.730. The molecule has 1 heterocycles. The number of aromatic nitrogens is 1. The molecule has 0 saturated carbocycles. The van der Waals surface area contributed by atoms with Gasteiger partial charge in [-0.15, -0.1) is 0 Å². The van der Waals surface area contributed by atoms with Crippen LogP contribution in [0.15, 0.2) is 54.7 Å². The Bertz CT molecular complexity index is 853. The first-order valence-corrected chi connectivity index (χ1v) is 7.34. The second kappa shape index (κ2) is 4.91. The van der Waals surface area contributed by atoms with Crippen LogP contribution >= 0.6 is 0 Å². The Morgan fingerprint density at radius 1 is 1.09 bits per heavy atom. The van der Waals surface area contributed by atoms with Crippen LogP contribution in [0.25, 0.3) is 10.9 Å². The van der Waals surface area contributed by atoms with Gasteiger partial charge < -0.3 is 15.5 Å². The van der Waals surface area contributed by atoms with Crippen molar-refractivity contribution in [3.63, 3.8) is 0 Å². The van der Waals surface area contributed by atoms with E-state index < -0.39 is 6.09 Å². The monoisotopic (exact) mass is 292 g/mol. The number of carbonyl (C=O) groups is 1. The van der Waals surface area contributed by atoms with Gasteiger partial charge >= 0.3 is 6.09 Å². The van der Waals surface area contributed by atoms with Crippen LogP contribution < -0.4 is 5.73 Å². The Morgan fingerprint density at radius 3 is 2.73 bits per heavy atom. The number of primary amides is 1. The quantitative estimate of drug-likeness (QED) is 0.757. The Kier molecular flexibility index (Phi) is 2.89. The lowest BCUT2D eigenvalue weighted by Crippen LogP contribution is -2.19. The fraction of sp³-hybridized carbons (Fsp3) is 0.167. The highest BCUT2D eigenvalue weighted by molar-refractivity contribution is 5.84. The third-order valence-electron chi connectivity index (χ3n) is 4.43. The molecule has 0 saturated heterocycles. The van der Waals surface area contributed by atoms with Gasteiger partial charge in [0.05, 0.1) is 0 Å². The topological polar surface area (TPSA) is 68.1 Å². The van der Waals surface area contributed by atoms with E-state index in [9.17, 15) is 4.79 Å². The number of nitrogens with two attached hydrogens (primary N) is 1. The van der Waals surface area contributed by atoms with Crippen molar-refractivity contribution in [2.75, 3.05) is 0 Å². The minimum absolute atomic E-state index is 0.0843. The zero-order valence-electron chi connectivity index (χ0n) is 12.0. The van der Waals surface area contributed by atoms with Crippen LogP contribution in [0.1, 0.15) is 28.7 Å². The Hall–Kier alpha value is -2.75. The van der Waals surface area contributed by atoms with Gasteiger partial charge in [0.2, 0.25) is 0 Å². The van der Waals surface area contributed by atoms with E-state index >= 15 is 0 Å². The number of aromatic amines is 1. The summed E-state index contributed by atoms with van der Waals surface area (Å²) in [4.78, 5) is 14.6. The number of fused-ring (bicyclic) bond motifs is 2. The van der Waals surface area contributed by atoms with Crippen LogP contribution in [-0.2, 0) is 11.2 Å². The van der Waals surface area contributed by atoms with E-state index in [1.165, 1.54) is 10.9 Å². The second-order valence-electron chi connectivity index (χ2n) is 5.66. The van der Waals surface area contributed by atoms with Gasteiger partial charge in [-0.3, -0.25) is 0 Å². The first-order valence-electron chi connectivity index (χ1n) is 7.34. The molecule has 2 atom stereocenters. The average molecular weight is 292 g/mol. The van der Waals surface area contributed by atoms with Crippen LogP contribution in [-0.4, -0.2) is 11.1 Å². The molecule has 3 aromatic rings. The van der Waals surface area contributed by atoms with E-state index in [0.29, 0.717) is 0 Å². The molecule has 0 unspecified atom stereocenters. The fourth-order valence-electron chi connectivity index (χ4n) is 3.50. The first-order chi connectivity index (χ1) is 10.7. The predicted octanol–water partition coefficient (Wildman–Crippen LogP) is 3.64. The molecular weight excluding hydrogens is 276 g/mol.